The van der Waals surface area contributed by atoms with Crippen molar-refractivity contribution in [2.75, 3.05) is 7.11 Å². The summed E-state index contributed by atoms with van der Waals surface area (Å²) in [6.45, 7) is 3.14. The Labute approximate surface area is 190 Å². The maximum atomic E-state index is 14.4. The highest BCUT2D eigenvalue weighted by Crippen LogP contribution is 2.28. The number of benzene rings is 2. The average molecular weight is 442 g/mol. The number of hydrogen-bond donors (Lipinski definition) is 1. The van der Waals surface area contributed by atoms with Gasteiger partial charge in [0.15, 0.2) is 11.6 Å². The molecule has 7 nitrogen and oxygen atoms in total. The summed E-state index contributed by atoms with van der Waals surface area (Å²) in [6.07, 6.45) is 7.57. The summed E-state index contributed by atoms with van der Waals surface area (Å²) >= 11 is 0. The van der Waals surface area contributed by atoms with Crippen LogP contribution in [0.5, 0.6) is 5.75 Å². The molecule has 0 unspecified atom stereocenters. The second-order valence-corrected chi connectivity index (χ2v) is 7.75. The first kappa shape index (κ1) is 20.8. The summed E-state index contributed by atoms with van der Waals surface area (Å²) < 4.78 is 23.2. The Morgan fingerprint density at radius 3 is 2.73 bits per heavy atom. The van der Waals surface area contributed by atoms with Gasteiger partial charge in [0.25, 0.3) is 0 Å². The molecule has 3 heterocycles. The molecule has 0 fully saturated rings. The van der Waals surface area contributed by atoms with E-state index in [1.165, 1.54) is 13.2 Å². The summed E-state index contributed by atoms with van der Waals surface area (Å²) in [5.74, 6) is 0.449. The van der Waals surface area contributed by atoms with Crippen molar-refractivity contribution in [1.29, 1.82) is 0 Å². The van der Waals surface area contributed by atoms with Crippen LogP contribution in [-0.2, 0) is 13.1 Å². The summed E-state index contributed by atoms with van der Waals surface area (Å²) in [6, 6.07) is 14.8. The molecule has 166 valence electrons. The van der Waals surface area contributed by atoms with E-state index >= 15 is 0 Å². The molecule has 2 aromatic carbocycles. The smallest absolute Gasteiger partial charge is 0.233 e. The van der Waals surface area contributed by atoms with Crippen molar-refractivity contribution in [3.8, 4) is 22.7 Å². The van der Waals surface area contributed by atoms with Crippen LogP contribution < -0.4 is 10.1 Å². The maximum Gasteiger partial charge on any atom is 0.233 e. The van der Waals surface area contributed by atoms with Crippen molar-refractivity contribution in [3.63, 3.8) is 0 Å². The SMILES string of the molecule is COc1ccc(-c2nn(-c3ccccc3C)cc2CNCc2cn3cccnc3n2)cc1F. The monoisotopic (exact) mass is 442 g/mol. The highest BCUT2D eigenvalue weighted by Gasteiger charge is 2.15. The van der Waals surface area contributed by atoms with Crippen LogP contribution in [-0.4, -0.2) is 31.3 Å². The summed E-state index contributed by atoms with van der Waals surface area (Å²) in [4.78, 5) is 8.78. The van der Waals surface area contributed by atoms with Gasteiger partial charge in [-0.25, -0.2) is 19.0 Å². The quantitative estimate of drug-likeness (QED) is 0.406. The van der Waals surface area contributed by atoms with E-state index in [-0.39, 0.29) is 5.75 Å². The molecule has 5 aromatic rings. The standard InChI is InChI=1S/C25H23FN6O/c1-17-6-3-4-7-22(17)32-15-19(24(30-32)18-8-9-23(33-2)21(26)12-18)13-27-14-20-16-31-11-5-10-28-25(31)29-20/h3-12,15-16,27H,13-14H2,1-2H3. The van der Waals surface area contributed by atoms with Gasteiger partial charge < -0.3 is 10.1 Å². The van der Waals surface area contributed by atoms with Crippen LogP contribution in [0, 0.1) is 12.7 Å². The molecule has 0 aliphatic heterocycles. The molecule has 3 aromatic heterocycles. The Morgan fingerprint density at radius 1 is 1.06 bits per heavy atom. The summed E-state index contributed by atoms with van der Waals surface area (Å²) in [5.41, 5.74) is 5.31. The fourth-order valence-corrected chi connectivity index (χ4v) is 3.83. The number of rotatable bonds is 7. The zero-order valence-electron chi connectivity index (χ0n) is 18.4. The van der Waals surface area contributed by atoms with Crippen molar-refractivity contribution >= 4 is 5.78 Å². The summed E-state index contributed by atoms with van der Waals surface area (Å²) in [5, 5.41) is 8.24. The molecule has 8 heteroatoms. The van der Waals surface area contributed by atoms with E-state index in [4.69, 9.17) is 9.84 Å². The molecule has 0 atom stereocenters. The topological polar surface area (TPSA) is 69.3 Å². The Hall–Kier alpha value is -4.04. The fraction of sp³-hybridized carbons (Fsp3) is 0.160. The molecule has 0 aliphatic rings. The molecule has 0 bridgehead atoms. The second kappa shape index (κ2) is 8.84. The number of aryl methyl sites for hydroxylation is 1. The molecule has 0 spiro atoms. The lowest BCUT2D eigenvalue weighted by Gasteiger charge is -2.06. The van der Waals surface area contributed by atoms with E-state index in [9.17, 15) is 4.39 Å². The first-order valence-corrected chi connectivity index (χ1v) is 10.6. The molecule has 0 aliphatic carbocycles. The van der Waals surface area contributed by atoms with Gasteiger partial charge in [0.2, 0.25) is 5.78 Å². The van der Waals surface area contributed by atoms with Crippen molar-refractivity contribution < 1.29 is 9.13 Å². The summed E-state index contributed by atoms with van der Waals surface area (Å²) in [7, 11) is 1.45. The van der Waals surface area contributed by atoms with E-state index in [0.717, 1.165) is 22.5 Å². The first-order valence-electron chi connectivity index (χ1n) is 10.6. The van der Waals surface area contributed by atoms with Gasteiger partial charge >= 0.3 is 0 Å². The number of halogens is 1. The van der Waals surface area contributed by atoms with Crippen molar-refractivity contribution in [2.45, 2.75) is 20.0 Å². The Morgan fingerprint density at radius 2 is 1.94 bits per heavy atom. The molecular weight excluding hydrogens is 419 g/mol. The van der Waals surface area contributed by atoms with Crippen LogP contribution in [0.4, 0.5) is 4.39 Å². The minimum atomic E-state index is -0.420. The van der Waals surface area contributed by atoms with E-state index in [2.05, 4.69) is 15.3 Å². The molecule has 0 saturated carbocycles. The highest BCUT2D eigenvalue weighted by molar-refractivity contribution is 5.64. The number of aromatic nitrogens is 5. The number of nitrogens with zero attached hydrogens (tertiary/aromatic N) is 5. The second-order valence-electron chi connectivity index (χ2n) is 7.75. The molecule has 0 amide bonds. The molecule has 5 rings (SSSR count). The third kappa shape index (κ3) is 4.20. The Bertz CT molecular complexity index is 1390. The lowest BCUT2D eigenvalue weighted by atomic mass is 10.1. The van der Waals surface area contributed by atoms with Crippen molar-refractivity contribution in [1.82, 2.24) is 29.5 Å². The lowest BCUT2D eigenvalue weighted by molar-refractivity contribution is 0.386. The first-order chi connectivity index (χ1) is 16.1. The van der Waals surface area contributed by atoms with Gasteiger partial charge in [-0.05, 0) is 42.8 Å². The Balaban J connectivity index is 1.45. The largest absolute Gasteiger partial charge is 0.494 e. The molecule has 0 saturated heterocycles. The van der Waals surface area contributed by atoms with Gasteiger partial charge in [0, 0.05) is 49.0 Å². The minimum absolute atomic E-state index is 0.206. The van der Waals surface area contributed by atoms with E-state index in [0.29, 0.717) is 30.1 Å². The van der Waals surface area contributed by atoms with Crippen LogP contribution >= 0.6 is 0 Å². The minimum Gasteiger partial charge on any atom is -0.494 e. The average Bonchev–Trinajstić information content (AvgIpc) is 3.43. The van der Waals surface area contributed by atoms with Gasteiger partial charge in [-0.3, -0.25) is 4.40 Å². The van der Waals surface area contributed by atoms with Crippen LogP contribution in [0.15, 0.2) is 73.3 Å². The number of nitrogens with one attached hydrogen (secondary N) is 1. The lowest BCUT2D eigenvalue weighted by Crippen LogP contribution is -2.13. The van der Waals surface area contributed by atoms with Gasteiger partial charge in [0.1, 0.15) is 0 Å². The number of ether oxygens (including phenoxy) is 1. The van der Waals surface area contributed by atoms with Gasteiger partial charge in [-0.1, -0.05) is 18.2 Å². The van der Waals surface area contributed by atoms with E-state index in [1.54, 1.807) is 12.3 Å². The van der Waals surface area contributed by atoms with Gasteiger partial charge in [-0.2, -0.15) is 5.10 Å². The number of methoxy groups -OCH3 is 1. The predicted molar refractivity (Wildman–Crippen MR) is 124 cm³/mol. The van der Waals surface area contributed by atoms with Crippen molar-refractivity contribution in [3.05, 3.63) is 96.0 Å². The zero-order valence-corrected chi connectivity index (χ0v) is 18.4. The van der Waals surface area contributed by atoms with Gasteiger partial charge in [0.05, 0.1) is 24.2 Å². The third-order valence-electron chi connectivity index (χ3n) is 5.48. The van der Waals surface area contributed by atoms with Crippen LogP contribution in [0.25, 0.3) is 22.7 Å². The number of para-hydroxylation sites is 1. The number of imidazole rings is 1. The van der Waals surface area contributed by atoms with Gasteiger partial charge in [-0.15, -0.1) is 0 Å². The van der Waals surface area contributed by atoms with Crippen LogP contribution in [0.2, 0.25) is 0 Å². The Kier molecular flexibility index (Phi) is 5.58. The normalized spacial score (nSPS) is 11.2. The van der Waals surface area contributed by atoms with E-state index in [1.807, 2.05) is 71.0 Å². The fourth-order valence-electron chi connectivity index (χ4n) is 3.83. The molecule has 1 N–H and O–H groups in total. The van der Waals surface area contributed by atoms with Crippen LogP contribution in [0.1, 0.15) is 16.8 Å². The molecular formula is C25H23FN6O. The van der Waals surface area contributed by atoms with Crippen molar-refractivity contribution in [2.24, 2.45) is 0 Å². The highest BCUT2D eigenvalue weighted by atomic mass is 19.1. The van der Waals surface area contributed by atoms with Crippen LogP contribution in [0.3, 0.4) is 0 Å². The maximum absolute atomic E-state index is 14.4. The molecule has 33 heavy (non-hydrogen) atoms. The third-order valence-corrected chi connectivity index (χ3v) is 5.48. The number of hydrogen-bond acceptors (Lipinski definition) is 5. The zero-order chi connectivity index (χ0) is 22.8. The number of fused-ring (bicyclic) bond motifs is 1. The molecule has 0 radical (unpaired) electrons. The van der Waals surface area contributed by atoms with E-state index < -0.39 is 5.82 Å². The predicted octanol–water partition coefficient (Wildman–Crippen LogP) is 4.33.